The molecule has 0 radical (unpaired) electrons. The summed E-state index contributed by atoms with van der Waals surface area (Å²) in [6.45, 7) is 0. The zero-order valence-corrected chi connectivity index (χ0v) is 10.9. The fraction of sp³-hybridized carbons (Fsp3) is 0. The Kier molecular flexibility index (Phi) is 2.57. The Morgan fingerprint density at radius 1 is 1.18 bits per heavy atom. The number of rotatable bonds is 1. The summed E-state index contributed by atoms with van der Waals surface area (Å²) < 4.78 is 6.19. The Balaban J connectivity index is 2.30. The number of para-hydroxylation sites is 2. The Labute approximate surface area is 109 Å². The van der Waals surface area contributed by atoms with Crippen LogP contribution in [0.15, 0.2) is 49.4 Å². The largest absolute Gasteiger partial charge is 0.419 e. The number of fused-ring (bicyclic) bond motifs is 1. The number of thiophene rings is 1. The van der Waals surface area contributed by atoms with Crippen LogP contribution in [0.5, 0.6) is 0 Å². The first-order valence-corrected chi connectivity index (χ1v) is 6.50. The number of hydrogen-bond acceptors (Lipinski definition) is 4. The first-order valence-electron chi connectivity index (χ1n) is 4.89. The van der Waals surface area contributed by atoms with Crippen molar-refractivity contribution < 1.29 is 4.42 Å². The average molecular weight is 308 g/mol. The van der Waals surface area contributed by atoms with Crippen LogP contribution in [0.25, 0.3) is 21.7 Å². The molecule has 0 bridgehead atoms. The van der Waals surface area contributed by atoms with Crippen molar-refractivity contribution >= 4 is 38.4 Å². The third-order valence-corrected chi connectivity index (χ3v) is 3.93. The van der Waals surface area contributed by atoms with Crippen molar-refractivity contribution in [2.24, 2.45) is 0 Å². The monoisotopic (exact) mass is 307 g/mol. The van der Waals surface area contributed by atoms with Gasteiger partial charge in [0.15, 0.2) is 11.3 Å². The van der Waals surface area contributed by atoms with Gasteiger partial charge in [0.05, 0.1) is 8.66 Å². The van der Waals surface area contributed by atoms with Crippen LogP contribution in [-0.4, -0.2) is 4.98 Å². The van der Waals surface area contributed by atoms with Gasteiger partial charge in [0, 0.05) is 0 Å². The highest BCUT2D eigenvalue weighted by atomic mass is 79.9. The molecule has 1 aromatic carbocycles. The predicted molar refractivity (Wildman–Crippen MR) is 71.3 cm³/mol. The van der Waals surface area contributed by atoms with Crippen molar-refractivity contribution in [3.05, 3.63) is 50.6 Å². The van der Waals surface area contributed by atoms with E-state index in [9.17, 15) is 4.79 Å². The van der Waals surface area contributed by atoms with E-state index in [1.807, 2.05) is 30.3 Å². The molecule has 0 aliphatic carbocycles. The molecule has 0 aliphatic rings. The van der Waals surface area contributed by atoms with Crippen LogP contribution >= 0.6 is 27.3 Å². The standard InChI is InChI=1S/C12H6BrNO2S/c13-10-6-5-9(17-10)11-12(15)16-8-4-2-1-3-7(8)14-11/h1-6H. The van der Waals surface area contributed by atoms with Crippen LogP contribution in [-0.2, 0) is 0 Å². The van der Waals surface area contributed by atoms with E-state index in [1.165, 1.54) is 11.3 Å². The van der Waals surface area contributed by atoms with Crippen molar-refractivity contribution in [3.8, 4) is 10.6 Å². The van der Waals surface area contributed by atoms with Gasteiger partial charge >= 0.3 is 5.63 Å². The molecule has 0 unspecified atom stereocenters. The van der Waals surface area contributed by atoms with Gasteiger partial charge < -0.3 is 4.42 Å². The van der Waals surface area contributed by atoms with E-state index in [1.54, 1.807) is 6.07 Å². The van der Waals surface area contributed by atoms with Crippen LogP contribution in [0, 0.1) is 0 Å². The maximum atomic E-state index is 11.8. The maximum Gasteiger partial charge on any atom is 0.363 e. The quantitative estimate of drug-likeness (QED) is 0.689. The van der Waals surface area contributed by atoms with Gasteiger partial charge in [0.2, 0.25) is 0 Å². The summed E-state index contributed by atoms with van der Waals surface area (Å²) in [4.78, 5) is 16.9. The van der Waals surface area contributed by atoms with E-state index in [0.29, 0.717) is 16.8 Å². The third-order valence-electron chi connectivity index (χ3n) is 2.30. The Morgan fingerprint density at radius 2 is 2.00 bits per heavy atom. The molecule has 3 rings (SSSR count). The summed E-state index contributed by atoms with van der Waals surface area (Å²) >= 11 is 4.82. The number of aromatic nitrogens is 1. The molecular weight excluding hydrogens is 302 g/mol. The van der Waals surface area contributed by atoms with Gasteiger partial charge in [-0.2, -0.15) is 0 Å². The summed E-state index contributed by atoms with van der Waals surface area (Å²) in [6, 6.07) is 11.0. The topological polar surface area (TPSA) is 43.1 Å². The molecule has 0 N–H and O–H groups in total. The van der Waals surface area contributed by atoms with Crippen LogP contribution < -0.4 is 5.63 Å². The highest BCUT2D eigenvalue weighted by Gasteiger charge is 2.11. The first-order chi connectivity index (χ1) is 8.24. The molecule has 3 aromatic rings. The molecule has 2 heterocycles. The van der Waals surface area contributed by atoms with Gasteiger partial charge in [0.1, 0.15) is 5.52 Å². The molecule has 0 aliphatic heterocycles. The minimum absolute atomic E-state index is 0.361. The molecule has 0 spiro atoms. The second-order valence-corrected chi connectivity index (χ2v) is 5.88. The summed E-state index contributed by atoms with van der Waals surface area (Å²) in [6.07, 6.45) is 0. The van der Waals surface area contributed by atoms with Crippen LogP contribution in [0.1, 0.15) is 0 Å². The zero-order chi connectivity index (χ0) is 11.8. The second kappa shape index (κ2) is 4.09. The lowest BCUT2D eigenvalue weighted by Crippen LogP contribution is -2.04. The van der Waals surface area contributed by atoms with Crippen LogP contribution in [0.2, 0.25) is 0 Å². The maximum absolute atomic E-state index is 11.8. The number of nitrogens with zero attached hydrogens (tertiary/aromatic N) is 1. The fourth-order valence-corrected chi connectivity index (χ4v) is 2.91. The highest BCUT2D eigenvalue weighted by Crippen LogP contribution is 2.29. The van der Waals surface area contributed by atoms with Crippen molar-refractivity contribution in [1.82, 2.24) is 4.98 Å². The Bertz CT molecular complexity index is 747. The van der Waals surface area contributed by atoms with Crippen LogP contribution in [0.4, 0.5) is 0 Å². The lowest BCUT2D eigenvalue weighted by Gasteiger charge is -1.98. The summed E-state index contributed by atoms with van der Waals surface area (Å²) in [7, 11) is 0. The zero-order valence-electron chi connectivity index (χ0n) is 8.51. The van der Waals surface area contributed by atoms with E-state index in [0.717, 1.165) is 8.66 Å². The van der Waals surface area contributed by atoms with Gasteiger partial charge in [-0.3, -0.25) is 0 Å². The summed E-state index contributed by atoms with van der Waals surface area (Å²) in [5.41, 5.74) is 1.15. The number of hydrogen-bond donors (Lipinski definition) is 0. The van der Waals surface area contributed by atoms with Crippen molar-refractivity contribution in [2.45, 2.75) is 0 Å². The average Bonchev–Trinajstić information content (AvgIpc) is 2.75. The third kappa shape index (κ3) is 1.92. The van der Waals surface area contributed by atoms with Crippen LogP contribution in [0.3, 0.4) is 0 Å². The second-order valence-electron chi connectivity index (χ2n) is 3.42. The Morgan fingerprint density at radius 3 is 2.76 bits per heavy atom. The molecular formula is C12H6BrNO2S. The van der Waals surface area contributed by atoms with Gasteiger partial charge in [-0.25, -0.2) is 9.78 Å². The van der Waals surface area contributed by atoms with Gasteiger partial charge in [-0.05, 0) is 40.2 Å². The van der Waals surface area contributed by atoms with Gasteiger partial charge in [-0.1, -0.05) is 12.1 Å². The molecule has 17 heavy (non-hydrogen) atoms. The lowest BCUT2D eigenvalue weighted by molar-refractivity contribution is 0.558. The highest BCUT2D eigenvalue weighted by molar-refractivity contribution is 9.11. The van der Waals surface area contributed by atoms with Crippen molar-refractivity contribution in [1.29, 1.82) is 0 Å². The molecule has 2 aromatic heterocycles. The van der Waals surface area contributed by atoms with Crippen molar-refractivity contribution in [2.75, 3.05) is 0 Å². The summed E-state index contributed by atoms with van der Waals surface area (Å²) in [5.74, 6) is 0. The molecule has 0 amide bonds. The molecule has 0 fully saturated rings. The molecule has 84 valence electrons. The van der Waals surface area contributed by atoms with Crippen molar-refractivity contribution in [3.63, 3.8) is 0 Å². The molecule has 3 nitrogen and oxygen atoms in total. The SMILES string of the molecule is O=c1oc2ccccc2nc1-c1ccc(Br)s1. The normalized spacial score (nSPS) is 10.9. The predicted octanol–water partition coefficient (Wildman–Crippen LogP) is 3.68. The minimum Gasteiger partial charge on any atom is -0.419 e. The minimum atomic E-state index is -0.405. The van der Waals surface area contributed by atoms with E-state index in [4.69, 9.17) is 4.42 Å². The van der Waals surface area contributed by atoms with Gasteiger partial charge in [-0.15, -0.1) is 11.3 Å². The first kappa shape index (κ1) is 10.7. The van der Waals surface area contributed by atoms with E-state index >= 15 is 0 Å². The number of halogens is 1. The number of benzene rings is 1. The van der Waals surface area contributed by atoms with Gasteiger partial charge in [0.25, 0.3) is 0 Å². The Hall–Kier alpha value is -1.46. The molecule has 5 heteroatoms. The fourth-order valence-electron chi connectivity index (χ4n) is 1.55. The molecule has 0 saturated heterocycles. The van der Waals surface area contributed by atoms with E-state index < -0.39 is 5.63 Å². The van der Waals surface area contributed by atoms with E-state index in [-0.39, 0.29) is 0 Å². The molecule has 0 atom stereocenters. The lowest BCUT2D eigenvalue weighted by atomic mass is 10.3. The van der Waals surface area contributed by atoms with E-state index in [2.05, 4.69) is 20.9 Å². The molecule has 0 saturated carbocycles. The smallest absolute Gasteiger partial charge is 0.363 e. The summed E-state index contributed by atoms with van der Waals surface area (Å²) in [5, 5.41) is 0.